The molecule has 0 aliphatic carbocycles. The van der Waals surface area contributed by atoms with E-state index in [1.54, 1.807) is 17.5 Å². The molecule has 0 bridgehead atoms. The van der Waals surface area contributed by atoms with Crippen molar-refractivity contribution < 1.29 is 29.6 Å². The summed E-state index contributed by atoms with van der Waals surface area (Å²) in [4.78, 5) is 3.94. The fourth-order valence-corrected chi connectivity index (χ4v) is 0.735. The Hall–Kier alpha value is 0.630. The van der Waals surface area contributed by atoms with Gasteiger partial charge in [-0.05, 0) is 6.92 Å². The van der Waals surface area contributed by atoms with Crippen molar-refractivity contribution in [2.45, 2.75) is 6.92 Å². The van der Waals surface area contributed by atoms with Gasteiger partial charge in [-0.25, -0.2) is 0 Å². The van der Waals surface area contributed by atoms with Crippen molar-refractivity contribution >= 4 is 11.3 Å². The second-order valence-corrected chi connectivity index (χ2v) is 2.15. The first-order valence-corrected chi connectivity index (χ1v) is 2.63. The summed E-state index contributed by atoms with van der Waals surface area (Å²) < 4.78 is 0. The van der Waals surface area contributed by atoms with Crippen molar-refractivity contribution in [1.82, 2.24) is 4.98 Å². The van der Waals surface area contributed by atoms with E-state index in [1.165, 1.54) is 0 Å². The van der Waals surface area contributed by atoms with E-state index in [0.29, 0.717) is 0 Å². The van der Waals surface area contributed by atoms with E-state index in [0.717, 1.165) is 5.01 Å². The Morgan fingerprint density at radius 1 is 1.71 bits per heavy atom. The fraction of sp³-hybridized carbons (Fsp3) is 0.250. The van der Waals surface area contributed by atoms with E-state index >= 15 is 0 Å². The largest absolute Gasteiger partial charge is 1.00 e. The minimum Gasteiger partial charge on any atom is -0.250 e. The first kappa shape index (κ1) is 7.63. The van der Waals surface area contributed by atoms with Crippen LogP contribution in [-0.2, 0) is 0 Å². The third-order valence-corrected chi connectivity index (χ3v) is 1.26. The Labute approximate surface area is 69.1 Å². The molecule has 0 unspecified atom stereocenters. The molecule has 0 saturated heterocycles. The Kier molecular flexibility index (Phi) is 3.93. The molecular weight excluding hydrogens is 117 g/mol. The van der Waals surface area contributed by atoms with Gasteiger partial charge in [-0.1, -0.05) is 0 Å². The van der Waals surface area contributed by atoms with Gasteiger partial charge >= 0.3 is 29.6 Å². The molecule has 0 saturated carbocycles. The predicted octanol–water partition coefficient (Wildman–Crippen LogP) is -1.54. The summed E-state index contributed by atoms with van der Waals surface area (Å²) in [5, 5.41) is 3.10. The molecule has 0 atom stereocenters. The van der Waals surface area contributed by atoms with Crippen LogP contribution < -0.4 is 29.6 Å². The van der Waals surface area contributed by atoms with Gasteiger partial charge in [-0.3, -0.25) is 4.98 Å². The standard InChI is InChI=1S/C4H5NS.Na/c1-4-5-2-3-6-4;/h2-3H,1H3;/q;+1. The first-order chi connectivity index (χ1) is 2.89. The van der Waals surface area contributed by atoms with E-state index < -0.39 is 0 Å². The molecular formula is C4H5NNaS+. The van der Waals surface area contributed by atoms with E-state index in [-0.39, 0.29) is 29.6 Å². The van der Waals surface area contributed by atoms with Gasteiger partial charge in [0, 0.05) is 11.6 Å². The predicted molar refractivity (Wildman–Crippen MR) is 26.9 cm³/mol. The van der Waals surface area contributed by atoms with Gasteiger partial charge in [-0.15, -0.1) is 11.3 Å². The number of aromatic nitrogens is 1. The van der Waals surface area contributed by atoms with E-state index in [9.17, 15) is 0 Å². The van der Waals surface area contributed by atoms with Crippen LogP contribution in [-0.4, -0.2) is 4.98 Å². The molecule has 0 fully saturated rings. The fourth-order valence-electron chi connectivity index (χ4n) is 0.295. The van der Waals surface area contributed by atoms with Crippen LogP contribution in [0.4, 0.5) is 0 Å². The minimum atomic E-state index is 0. The molecule has 0 aromatic carbocycles. The molecule has 0 radical (unpaired) electrons. The Balaban J connectivity index is 0.000000360. The van der Waals surface area contributed by atoms with Crippen molar-refractivity contribution in [3.63, 3.8) is 0 Å². The van der Waals surface area contributed by atoms with Gasteiger partial charge in [0.15, 0.2) is 0 Å². The number of aryl methyl sites for hydroxylation is 1. The maximum Gasteiger partial charge on any atom is 1.00 e. The van der Waals surface area contributed by atoms with Crippen molar-refractivity contribution in [2.24, 2.45) is 0 Å². The van der Waals surface area contributed by atoms with E-state index in [1.807, 2.05) is 12.3 Å². The van der Waals surface area contributed by atoms with Crippen LogP contribution in [0.3, 0.4) is 0 Å². The molecule has 0 N–H and O–H groups in total. The molecule has 32 valence electrons. The molecule has 1 nitrogen and oxygen atoms in total. The summed E-state index contributed by atoms with van der Waals surface area (Å²) >= 11 is 1.67. The summed E-state index contributed by atoms with van der Waals surface area (Å²) in [7, 11) is 0. The van der Waals surface area contributed by atoms with Gasteiger partial charge in [0.2, 0.25) is 0 Å². The smallest absolute Gasteiger partial charge is 0.250 e. The summed E-state index contributed by atoms with van der Waals surface area (Å²) in [6.45, 7) is 1.99. The summed E-state index contributed by atoms with van der Waals surface area (Å²) in [6, 6.07) is 0. The van der Waals surface area contributed by atoms with Gasteiger partial charge in [0.25, 0.3) is 0 Å². The molecule has 1 heterocycles. The normalized spacial score (nSPS) is 7.57. The van der Waals surface area contributed by atoms with Crippen molar-refractivity contribution in [1.29, 1.82) is 0 Å². The third-order valence-electron chi connectivity index (χ3n) is 0.556. The topological polar surface area (TPSA) is 12.9 Å². The van der Waals surface area contributed by atoms with Crippen LogP contribution >= 0.6 is 11.3 Å². The molecule has 1 aromatic rings. The maximum atomic E-state index is 3.94. The minimum absolute atomic E-state index is 0. The molecule has 0 aliphatic heterocycles. The molecule has 1 aromatic heterocycles. The average Bonchev–Trinajstić information content (AvgIpc) is 1.86. The maximum absolute atomic E-state index is 3.94. The zero-order chi connectivity index (χ0) is 4.41. The van der Waals surface area contributed by atoms with Gasteiger partial charge in [-0.2, -0.15) is 0 Å². The monoisotopic (exact) mass is 122 g/mol. The molecule has 3 heteroatoms. The van der Waals surface area contributed by atoms with Gasteiger partial charge in [0.1, 0.15) is 0 Å². The average molecular weight is 122 g/mol. The zero-order valence-corrected chi connectivity index (χ0v) is 7.33. The molecule has 0 aliphatic rings. The molecule has 0 spiro atoms. The van der Waals surface area contributed by atoms with Crippen molar-refractivity contribution in [3.05, 3.63) is 16.6 Å². The van der Waals surface area contributed by atoms with Gasteiger partial charge in [0.05, 0.1) is 5.01 Å². The molecule has 7 heavy (non-hydrogen) atoms. The number of nitrogens with zero attached hydrogens (tertiary/aromatic N) is 1. The quantitative estimate of drug-likeness (QED) is 0.380. The number of hydrogen-bond donors (Lipinski definition) is 0. The van der Waals surface area contributed by atoms with Crippen LogP contribution in [0.25, 0.3) is 0 Å². The summed E-state index contributed by atoms with van der Waals surface area (Å²) in [6.07, 6.45) is 1.81. The Bertz CT molecular complexity index is 115. The van der Waals surface area contributed by atoms with Crippen molar-refractivity contribution in [3.8, 4) is 0 Å². The van der Waals surface area contributed by atoms with Crippen LogP contribution in [0.15, 0.2) is 11.6 Å². The number of rotatable bonds is 0. The van der Waals surface area contributed by atoms with Crippen LogP contribution in [0.1, 0.15) is 5.01 Å². The second-order valence-electron chi connectivity index (χ2n) is 1.05. The summed E-state index contributed by atoms with van der Waals surface area (Å²) in [5.41, 5.74) is 0. The van der Waals surface area contributed by atoms with E-state index in [2.05, 4.69) is 4.98 Å². The number of hydrogen-bond acceptors (Lipinski definition) is 2. The Morgan fingerprint density at radius 3 is 2.57 bits per heavy atom. The van der Waals surface area contributed by atoms with Crippen LogP contribution in [0, 0.1) is 6.92 Å². The number of thiazole rings is 1. The van der Waals surface area contributed by atoms with Crippen LogP contribution in [0.5, 0.6) is 0 Å². The SMILES string of the molecule is Cc1nccs1.[Na+]. The van der Waals surface area contributed by atoms with E-state index in [4.69, 9.17) is 0 Å². The van der Waals surface area contributed by atoms with Crippen LogP contribution in [0.2, 0.25) is 0 Å². The third kappa shape index (κ3) is 2.44. The molecule has 0 amide bonds. The van der Waals surface area contributed by atoms with Crippen molar-refractivity contribution in [2.75, 3.05) is 0 Å². The van der Waals surface area contributed by atoms with Gasteiger partial charge < -0.3 is 0 Å². The summed E-state index contributed by atoms with van der Waals surface area (Å²) in [5.74, 6) is 0. The molecule has 1 rings (SSSR count). The second kappa shape index (κ2) is 3.61. The first-order valence-electron chi connectivity index (χ1n) is 1.75. The Morgan fingerprint density at radius 2 is 2.43 bits per heavy atom. The zero-order valence-electron chi connectivity index (χ0n) is 4.51.